The number of benzene rings is 1. The zero-order chi connectivity index (χ0) is 13.6. The molecule has 0 radical (unpaired) electrons. The molecule has 0 bridgehead atoms. The van der Waals surface area contributed by atoms with Crippen molar-refractivity contribution in [2.24, 2.45) is 0 Å². The first-order valence-corrected chi connectivity index (χ1v) is 7.40. The molecule has 1 aliphatic heterocycles. The fourth-order valence-electron chi connectivity index (χ4n) is 1.40. The van der Waals surface area contributed by atoms with E-state index in [4.69, 9.17) is 18.6 Å². The maximum atomic E-state index is 11.2. The highest BCUT2D eigenvalue weighted by molar-refractivity contribution is 8.05. The van der Waals surface area contributed by atoms with E-state index in [9.17, 15) is 16.8 Å². The number of fused-ring (bicyclic) bond motifs is 1. The Morgan fingerprint density at radius 2 is 1.50 bits per heavy atom. The van der Waals surface area contributed by atoms with E-state index >= 15 is 0 Å². The van der Waals surface area contributed by atoms with Gasteiger partial charge in [0.15, 0.2) is 18.1 Å². The molecule has 0 aromatic heterocycles. The van der Waals surface area contributed by atoms with Gasteiger partial charge in [0.2, 0.25) is 0 Å². The Hall–Kier alpha value is -1.36. The topological polar surface area (TPSA) is 127 Å². The smallest absolute Gasteiger partial charge is 0.392 e. The van der Waals surface area contributed by atoms with Crippen molar-refractivity contribution >= 4 is 20.2 Å². The molecule has 0 amide bonds. The van der Waals surface area contributed by atoms with Gasteiger partial charge in [-0.3, -0.25) is 9.11 Å². The summed E-state index contributed by atoms with van der Waals surface area (Å²) in [4.78, 5) is 0. The molecule has 0 aliphatic carbocycles. The van der Waals surface area contributed by atoms with E-state index in [1.54, 1.807) is 6.07 Å². The van der Waals surface area contributed by atoms with E-state index in [0.29, 0.717) is 0 Å². The molecule has 0 spiro atoms. The van der Waals surface area contributed by atoms with Crippen molar-refractivity contribution in [1.82, 2.24) is 0 Å². The van der Waals surface area contributed by atoms with Crippen LogP contribution in [-0.2, 0) is 20.2 Å². The summed E-state index contributed by atoms with van der Waals surface area (Å²) < 4.78 is 69.0. The second-order valence-corrected chi connectivity index (χ2v) is 6.95. The molecular formula is C8H8O8S2. The van der Waals surface area contributed by atoms with Gasteiger partial charge in [-0.25, -0.2) is 0 Å². The molecular weight excluding hydrogens is 288 g/mol. The Labute approximate surface area is 103 Å². The lowest BCUT2D eigenvalue weighted by atomic mass is 10.3. The van der Waals surface area contributed by atoms with E-state index in [1.165, 1.54) is 18.2 Å². The molecule has 0 unspecified atom stereocenters. The van der Waals surface area contributed by atoms with E-state index in [2.05, 4.69) is 0 Å². The maximum Gasteiger partial charge on any atom is 0.392 e. The van der Waals surface area contributed by atoms with Crippen LogP contribution in [0.25, 0.3) is 0 Å². The van der Waals surface area contributed by atoms with E-state index in [1.807, 2.05) is 0 Å². The van der Waals surface area contributed by atoms with Gasteiger partial charge in [-0.1, -0.05) is 12.1 Å². The summed E-state index contributed by atoms with van der Waals surface area (Å²) in [6.07, 6.45) is 0. The molecule has 0 saturated heterocycles. The lowest BCUT2D eigenvalue weighted by Crippen LogP contribution is -2.56. The first-order valence-electron chi connectivity index (χ1n) is 4.52. The molecule has 2 rings (SSSR count). The van der Waals surface area contributed by atoms with Crippen LogP contribution in [0.15, 0.2) is 24.3 Å². The number of hydrogen-bond donors (Lipinski definition) is 2. The van der Waals surface area contributed by atoms with Crippen molar-refractivity contribution < 1.29 is 35.4 Å². The fourth-order valence-corrected chi connectivity index (χ4v) is 3.27. The number of para-hydroxylation sites is 2. The van der Waals surface area contributed by atoms with Crippen LogP contribution in [0.3, 0.4) is 0 Å². The van der Waals surface area contributed by atoms with Crippen LogP contribution in [0.4, 0.5) is 0 Å². The van der Waals surface area contributed by atoms with Crippen molar-refractivity contribution in [3.05, 3.63) is 24.3 Å². The van der Waals surface area contributed by atoms with Gasteiger partial charge < -0.3 is 9.47 Å². The quantitative estimate of drug-likeness (QED) is 0.723. The normalized spacial score (nSPS) is 18.3. The van der Waals surface area contributed by atoms with E-state index in [-0.39, 0.29) is 11.5 Å². The minimum absolute atomic E-state index is 0.0976. The largest absolute Gasteiger partial charge is 0.483 e. The number of rotatable bonds is 2. The fraction of sp³-hybridized carbons (Fsp3) is 0.250. The summed E-state index contributed by atoms with van der Waals surface area (Å²) in [5.74, 6) is -0.126. The van der Waals surface area contributed by atoms with Crippen LogP contribution >= 0.6 is 0 Å². The lowest BCUT2D eigenvalue weighted by molar-refractivity contribution is 0.0977. The Morgan fingerprint density at radius 1 is 1.00 bits per heavy atom. The van der Waals surface area contributed by atoms with Crippen molar-refractivity contribution in [2.75, 3.05) is 6.61 Å². The molecule has 1 aromatic carbocycles. The summed E-state index contributed by atoms with van der Waals surface area (Å²) in [7, 11) is -10.5. The monoisotopic (exact) mass is 296 g/mol. The molecule has 1 aromatic rings. The number of ether oxygens (including phenoxy) is 2. The molecule has 2 N–H and O–H groups in total. The van der Waals surface area contributed by atoms with Crippen LogP contribution in [0.1, 0.15) is 0 Å². The predicted octanol–water partition coefficient (Wildman–Crippen LogP) is -0.113. The van der Waals surface area contributed by atoms with Gasteiger partial charge >= 0.3 is 24.5 Å². The van der Waals surface area contributed by atoms with Gasteiger partial charge in [0, 0.05) is 0 Å². The lowest BCUT2D eigenvalue weighted by Gasteiger charge is -2.32. The Bertz CT molecular complexity index is 643. The highest BCUT2D eigenvalue weighted by atomic mass is 32.3. The Morgan fingerprint density at radius 3 is 2.00 bits per heavy atom. The minimum atomic E-state index is -5.27. The third-order valence-corrected chi connectivity index (χ3v) is 5.54. The molecule has 1 heterocycles. The number of hydrogen-bond acceptors (Lipinski definition) is 6. The van der Waals surface area contributed by atoms with E-state index in [0.717, 1.165) is 0 Å². The predicted molar refractivity (Wildman–Crippen MR) is 58.4 cm³/mol. The van der Waals surface area contributed by atoms with Gasteiger partial charge in [0.05, 0.1) is 0 Å². The van der Waals surface area contributed by atoms with Crippen molar-refractivity contribution in [3.63, 3.8) is 0 Å². The summed E-state index contributed by atoms with van der Waals surface area (Å²) in [5, 5.41) is 0. The van der Waals surface area contributed by atoms with Crippen molar-refractivity contribution in [3.8, 4) is 11.5 Å². The standard InChI is InChI=1S/C8H8O8S2/c9-17(10,11)8(18(12,13)14)5-15-6-3-1-2-4-7(6)16-8/h1-4H,5H2,(H,9,10,11)(H,12,13,14). The zero-order valence-electron chi connectivity index (χ0n) is 8.68. The Kier molecular flexibility index (Phi) is 2.77. The van der Waals surface area contributed by atoms with E-state index < -0.39 is 31.1 Å². The summed E-state index contributed by atoms with van der Waals surface area (Å²) in [6, 6.07) is 5.63. The molecule has 0 saturated carbocycles. The highest BCUT2D eigenvalue weighted by Gasteiger charge is 2.60. The van der Waals surface area contributed by atoms with Gasteiger partial charge in [-0.05, 0) is 12.1 Å². The SMILES string of the molecule is O=S(=O)(O)C1(S(=O)(=O)O)COc2ccccc2O1. The van der Waals surface area contributed by atoms with Gasteiger partial charge in [-0.15, -0.1) is 0 Å². The van der Waals surface area contributed by atoms with Crippen LogP contribution in [0.5, 0.6) is 11.5 Å². The molecule has 100 valence electrons. The van der Waals surface area contributed by atoms with Gasteiger partial charge in [0.1, 0.15) is 0 Å². The van der Waals surface area contributed by atoms with Crippen LogP contribution in [-0.4, -0.2) is 36.8 Å². The first kappa shape index (κ1) is 13.1. The summed E-state index contributed by atoms with van der Waals surface area (Å²) in [5.41, 5.74) is 0. The second kappa shape index (κ2) is 3.82. The van der Waals surface area contributed by atoms with Crippen molar-refractivity contribution in [2.45, 2.75) is 4.27 Å². The molecule has 10 heteroatoms. The molecule has 18 heavy (non-hydrogen) atoms. The summed E-state index contributed by atoms with van der Waals surface area (Å²) >= 11 is 0. The molecule has 1 aliphatic rings. The van der Waals surface area contributed by atoms with Gasteiger partial charge in [0.25, 0.3) is 0 Å². The summed E-state index contributed by atoms with van der Waals surface area (Å²) in [6.45, 7) is -1.08. The van der Waals surface area contributed by atoms with Crippen LogP contribution < -0.4 is 9.47 Å². The maximum absolute atomic E-state index is 11.2. The Balaban J connectivity index is 2.63. The van der Waals surface area contributed by atoms with Crippen molar-refractivity contribution in [1.29, 1.82) is 0 Å². The van der Waals surface area contributed by atoms with Crippen LogP contribution in [0.2, 0.25) is 0 Å². The van der Waals surface area contributed by atoms with Gasteiger partial charge in [-0.2, -0.15) is 16.8 Å². The average molecular weight is 296 g/mol. The zero-order valence-corrected chi connectivity index (χ0v) is 10.3. The molecule has 8 nitrogen and oxygen atoms in total. The highest BCUT2D eigenvalue weighted by Crippen LogP contribution is 2.39. The molecule has 0 atom stereocenters. The molecule has 0 fully saturated rings. The minimum Gasteiger partial charge on any atom is -0.483 e. The average Bonchev–Trinajstić information content (AvgIpc) is 2.25. The second-order valence-electron chi connectivity index (χ2n) is 3.47. The third-order valence-electron chi connectivity index (χ3n) is 2.31. The van der Waals surface area contributed by atoms with Crippen LogP contribution in [0, 0.1) is 0 Å². The first-order chi connectivity index (χ1) is 8.17. The third kappa shape index (κ3) is 1.82.